The third-order valence-electron chi connectivity index (χ3n) is 4.70. The maximum absolute atomic E-state index is 12.6. The van der Waals surface area contributed by atoms with Crippen LogP contribution in [-0.4, -0.2) is 44.4 Å². The second-order valence-corrected chi connectivity index (χ2v) is 8.24. The van der Waals surface area contributed by atoms with E-state index in [9.17, 15) is 4.79 Å². The second-order valence-electron chi connectivity index (χ2n) is 7.30. The number of nitrogens with zero attached hydrogens (tertiary/aromatic N) is 4. The molecule has 0 spiro atoms. The zero-order chi connectivity index (χ0) is 18.5. The van der Waals surface area contributed by atoms with Gasteiger partial charge in [0.15, 0.2) is 5.16 Å². The quantitative estimate of drug-likeness (QED) is 0.621. The van der Waals surface area contributed by atoms with Crippen molar-refractivity contribution in [2.24, 2.45) is 5.92 Å². The lowest BCUT2D eigenvalue weighted by atomic mass is 10.0. The molecule has 1 amide bonds. The van der Waals surface area contributed by atoms with Gasteiger partial charge in [0.1, 0.15) is 6.33 Å². The van der Waals surface area contributed by atoms with Gasteiger partial charge < -0.3 is 4.90 Å². The topological polar surface area (TPSA) is 51.0 Å². The van der Waals surface area contributed by atoms with Gasteiger partial charge in [0.25, 0.3) is 0 Å². The molecule has 6 heteroatoms. The Labute approximate surface area is 160 Å². The van der Waals surface area contributed by atoms with Gasteiger partial charge in [-0.2, -0.15) is 0 Å². The highest BCUT2D eigenvalue weighted by Gasteiger charge is 2.26. The summed E-state index contributed by atoms with van der Waals surface area (Å²) in [6.07, 6.45) is 5.25. The fraction of sp³-hybridized carbons (Fsp3) is 0.550. The number of carbonyl (C=O) groups is 1. The van der Waals surface area contributed by atoms with Gasteiger partial charge in [-0.25, -0.2) is 0 Å². The number of thioether (sulfide) groups is 1. The SMILES string of the molecule is CCCN(CC1CC1)C(=O)CSc1nncn1-c1ccc(C(C)C)cc1. The first-order chi connectivity index (χ1) is 12.6. The number of amides is 1. The van der Waals surface area contributed by atoms with E-state index in [0.717, 1.165) is 36.3 Å². The Morgan fingerprint density at radius 2 is 2.04 bits per heavy atom. The molecule has 140 valence electrons. The highest BCUT2D eigenvalue weighted by Crippen LogP contribution is 2.30. The lowest BCUT2D eigenvalue weighted by Crippen LogP contribution is -2.35. The smallest absolute Gasteiger partial charge is 0.233 e. The van der Waals surface area contributed by atoms with Crippen molar-refractivity contribution >= 4 is 17.7 Å². The summed E-state index contributed by atoms with van der Waals surface area (Å²) in [5.41, 5.74) is 2.33. The zero-order valence-corrected chi connectivity index (χ0v) is 16.7. The molecule has 1 aliphatic carbocycles. The number of rotatable bonds is 9. The Kier molecular flexibility index (Phi) is 6.35. The van der Waals surface area contributed by atoms with E-state index in [1.807, 2.05) is 9.47 Å². The van der Waals surface area contributed by atoms with Crippen molar-refractivity contribution in [1.82, 2.24) is 19.7 Å². The molecule has 26 heavy (non-hydrogen) atoms. The first kappa shape index (κ1) is 19.0. The maximum Gasteiger partial charge on any atom is 0.233 e. The fourth-order valence-electron chi connectivity index (χ4n) is 2.94. The van der Waals surface area contributed by atoms with Gasteiger partial charge in [0, 0.05) is 18.8 Å². The van der Waals surface area contributed by atoms with Crippen LogP contribution in [0.4, 0.5) is 0 Å². The van der Waals surface area contributed by atoms with Crippen molar-refractivity contribution in [3.63, 3.8) is 0 Å². The van der Waals surface area contributed by atoms with Crippen LogP contribution in [0.1, 0.15) is 51.5 Å². The number of hydrogen-bond acceptors (Lipinski definition) is 4. The predicted molar refractivity (Wildman–Crippen MR) is 106 cm³/mol. The average Bonchev–Trinajstić information content (AvgIpc) is 3.33. The van der Waals surface area contributed by atoms with Crippen LogP contribution in [0.5, 0.6) is 0 Å². The molecule has 0 saturated heterocycles. The van der Waals surface area contributed by atoms with Crippen molar-refractivity contribution < 1.29 is 4.79 Å². The Morgan fingerprint density at radius 3 is 2.65 bits per heavy atom. The molecule has 1 aromatic heterocycles. The van der Waals surface area contributed by atoms with Crippen LogP contribution < -0.4 is 0 Å². The standard InChI is InChI=1S/C20H28N4OS/c1-4-11-23(12-16-5-6-16)19(25)13-26-20-22-21-14-24(20)18-9-7-17(8-10-18)15(2)3/h7-10,14-16H,4-6,11-13H2,1-3H3. The molecule has 2 aromatic rings. The molecular weight excluding hydrogens is 344 g/mol. The molecule has 3 rings (SSSR count). The molecule has 1 saturated carbocycles. The van der Waals surface area contributed by atoms with Gasteiger partial charge in [-0.15, -0.1) is 10.2 Å². The summed E-state index contributed by atoms with van der Waals surface area (Å²) in [5.74, 6) is 1.84. The van der Waals surface area contributed by atoms with Crippen LogP contribution in [0.15, 0.2) is 35.7 Å². The maximum atomic E-state index is 12.6. The zero-order valence-electron chi connectivity index (χ0n) is 15.9. The highest BCUT2D eigenvalue weighted by atomic mass is 32.2. The second kappa shape index (κ2) is 8.71. The summed E-state index contributed by atoms with van der Waals surface area (Å²) in [5, 5.41) is 9.01. The van der Waals surface area contributed by atoms with E-state index in [1.165, 1.54) is 30.2 Å². The molecule has 0 atom stereocenters. The molecule has 0 bridgehead atoms. The Bertz CT molecular complexity index is 722. The van der Waals surface area contributed by atoms with E-state index in [-0.39, 0.29) is 5.91 Å². The summed E-state index contributed by atoms with van der Waals surface area (Å²) < 4.78 is 1.95. The first-order valence-corrected chi connectivity index (χ1v) is 10.5. The molecule has 5 nitrogen and oxygen atoms in total. The van der Waals surface area contributed by atoms with Crippen LogP contribution in [0, 0.1) is 5.92 Å². The first-order valence-electron chi connectivity index (χ1n) is 9.49. The van der Waals surface area contributed by atoms with Gasteiger partial charge >= 0.3 is 0 Å². The molecule has 0 radical (unpaired) electrons. The van der Waals surface area contributed by atoms with Gasteiger partial charge in [0.05, 0.1) is 5.75 Å². The normalized spacial score (nSPS) is 14.0. The van der Waals surface area contributed by atoms with Crippen LogP contribution in [-0.2, 0) is 4.79 Å². The van der Waals surface area contributed by atoms with Crippen LogP contribution in [0.25, 0.3) is 5.69 Å². The van der Waals surface area contributed by atoms with E-state index in [4.69, 9.17) is 0 Å². The summed E-state index contributed by atoms with van der Waals surface area (Å²) >= 11 is 1.47. The van der Waals surface area contributed by atoms with Crippen molar-refractivity contribution in [2.45, 2.75) is 51.1 Å². The third-order valence-corrected chi connectivity index (χ3v) is 5.63. The number of aromatic nitrogens is 3. The molecule has 0 aliphatic heterocycles. The summed E-state index contributed by atoms with van der Waals surface area (Å²) in [6, 6.07) is 8.44. The number of benzene rings is 1. The highest BCUT2D eigenvalue weighted by molar-refractivity contribution is 7.99. The van der Waals surface area contributed by atoms with E-state index >= 15 is 0 Å². The monoisotopic (exact) mass is 372 g/mol. The minimum atomic E-state index is 0.202. The van der Waals surface area contributed by atoms with Crippen LogP contribution in [0.3, 0.4) is 0 Å². The van der Waals surface area contributed by atoms with Crippen molar-refractivity contribution in [3.8, 4) is 5.69 Å². The Balaban J connectivity index is 1.63. The predicted octanol–water partition coefficient (Wildman–Crippen LogP) is 4.13. The van der Waals surface area contributed by atoms with E-state index in [1.54, 1.807) is 6.33 Å². The minimum Gasteiger partial charge on any atom is -0.342 e. The van der Waals surface area contributed by atoms with E-state index < -0.39 is 0 Å². The minimum absolute atomic E-state index is 0.202. The molecular formula is C20H28N4OS. The molecule has 1 aliphatic rings. The van der Waals surface area contributed by atoms with Gasteiger partial charge in [-0.3, -0.25) is 9.36 Å². The lowest BCUT2D eigenvalue weighted by molar-refractivity contribution is -0.128. The summed E-state index contributed by atoms with van der Waals surface area (Å²) in [6.45, 7) is 8.25. The molecule has 0 unspecified atom stereocenters. The average molecular weight is 373 g/mol. The fourth-order valence-corrected chi connectivity index (χ4v) is 3.77. The van der Waals surface area contributed by atoms with E-state index in [0.29, 0.717) is 11.7 Å². The Morgan fingerprint density at radius 1 is 1.31 bits per heavy atom. The Hall–Kier alpha value is -1.82. The number of carbonyl (C=O) groups excluding carboxylic acids is 1. The largest absolute Gasteiger partial charge is 0.342 e. The molecule has 1 fully saturated rings. The lowest BCUT2D eigenvalue weighted by Gasteiger charge is -2.21. The van der Waals surface area contributed by atoms with Crippen molar-refractivity contribution in [3.05, 3.63) is 36.2 Å². The molecule has 1 aromatic carbocycles. The van der Waals surface area contributed by atoms with Crippen LogP contribution in [0.2, 0.25) is 0 Å². The molecule has 0 N–H and O–H groups in total. The van der Waals surface area contributed by atoms with Gasteiger partial charge in [-0.05, 0) is 48.8 Å². The third kappa shape index (κ3) is 4.87. The molecule has 1 heterocycles. The summed E-state index contributed by atoms with van der Waals surface area (Å²) in [4.78, 5) is 14.6. The van der Waals surface area contributed by atoms with E-state index in [2.05, 4.69) is 55.2 Å². The van der Waals surface area contributed by atoms with Crippen LogP contribution >= 0.6 is 11.8 Å². The van der Waals surface area contributed by atoms with Gasteiger partial charge in [0.2, 0.25) is 5.91 Å². The number of hydrogen-bond donors (Lipinski definition) is 0. The summed E-state index contributed by atoms with van der Waals surface area (Å²) in [7, 11) is 0. The van der Waals surface area contributed by atoms with Crippen molar-refractivity contribution in [1.29, 1.82) is 0 Å². The van der Waals surface area contributed by atoms with Crippen molar-refractivity contribution in [2.75, 3.05) is 18.8 Å². The van der Waals surface area contributed by atoms with Gasteiger partial charge in [-0.1, -0.05) is 44.7 Å².